The summed E-state index contributed by atoms with van der Waals surface area (Å²) in [5, 5.41) is 3.58. The molecule has 0 aliphatic carbocycles. The summed E-state index contributed by atoms with van der Waals surface area (Å²) in [5.74, 6) is 1.74. The van der Waals surface area contributed by atoms with Crippen molar-refractivity contribution >= 4 is 29.9 Å². The second kappa shape index (κ2) is 13.6. The first-order valence-electron chi connectivity index (χ1n) is 11.5. The van der Waals surface area contributed by atoms with Gasteiger partial charge in [-0.05, 0) is 50.2 Å². The molecule has 2 fully saturated rings. The summed E-state index contributed by atoms with van der Waals surface area (Å²) in [5.41, 5.74) is 2.72. The molecule has 176 valence electrons. The van der Waals surface area contributed by atoms with Crippen LogP contribution in [0.5, 0.6) is 0 Å². The number of hydrogen-bond acceptors (Lipinski definition) is 4. The van der Waals surface area contributed by atoms with Gasteiger partial charge in [0.05, 0.1) is 12.2 Å². The standard InChI is InChI=1S/C24H40N4O2.HI/c1-19-16-28(17-20(2)30-19)18-23-8-6-5-7-22(23)15-26-24(25-3)27(4)12-9-21-10-13-29-14-11-21;/h5-8,19-21H,9-18H2,1-4H3,(H,25,26);1H. The Hall–Kier alpha value is -0.900. The molecule has 2 heterocycles. The van der Waals surface area contributed by atoms with Gasteiger partial charge in [0.15, 0.2) is 5.96 Å². The lowest BCUT2D eigenvalue weighted by molar-refractivity contribution is -0.0705. The molecule has 2 unspecified atom stereocenters. The molecule has 2 aliphatic rings. The Morgan fingerprint density at radius 3 is 2.42 bits per heavy atom. The number of ether oxygens (including phenoxy) is 2. The summed E-state index contributed by atoms with van der Waals surface area (Å²) >= 11 is 0. The van der Waals surface area contributed by atoms with Crippen LogP contribution in [0, 0.1) is 5.92 Å². The molecular weight excluding hydrogens is 503 g/mol. The van der Waals surface area contributed by atoms with Crippen LogP contribution >= 0.6 is 24.0 Å². The Morgan fingerprint density at radius 2 is 1.77 bits per heavy atom. The molecule has 1 N–H and O–H groups in total. The van der Waals surface area contributed by atoms with Gasteiger partial charge in [-0.15, -0.1) is 24.0 Å². The number of hydrogen-bond donors (Lipinski definition) is 1. The summed E-state index contributed by atoms with van der Waals surface area (Å²) in [6.07, 6.45) is 4.16. The van der Waals surface area contributed by atoms with Crippen LogP contribution in [0.1, 0.15) is 44.2 Å². The van der Waals surface area contributed by atoms with Gasteiger partial charge in [0.1, 0.15) is 0 Å². The minimum atomic E-state index is 0. The van der Waals surface area contributed by atoms with E-state index in [1.807, 2.05) is 7.05 Å². The van der Waals surface area contributed by atoms with E-state index in [-0.39, 0.29) is 24.0 Å². The Bertz CT molecular complexity index is 671. The number of aliphatic imine (C=N–C) groups is 1. The van der Waals surface area contributed by atoms with Crippen LogP contribution in [-0.2, 0) is 22.6 Å². The van der Waals surface area contributed by atoms with E-state index in [2.05, 4.69) is 65.3 Å². The lowest BCUT2D eigenvalue weighted by atomic mass is 9.96. The van der Waals surface area contributed by atoms with Gasteiger partial charge in [0, 0.05) is 60.0 Å². The zero-order valence-corrected chi connectivity index (χ0v) is 22.0. The van der Waals surface area contributed by atoms with E-state index in [4.69, 9.17) is 9.47 Å². The molecule has 0 spiro atoms. The fraction of sp³-hybridized carbons (Fsp3) is 0.708. The summed E-state index contributed by atoms with van der Waals surface area (Å²) in [6, 6.07) is 8.74. The van der Waals surface area contributed by atoms with E-state index in [9.17, 15) is 0 Å². The van der Waals surface area contributed by atoms with Crippen LogP contribution < -0.4 is 5.32 Å². The maximum Gasteiger partial charge on any atom is 0.193 e. The smallest absolute Gasteiger partial charge is 0.193 e. The third kappa shape index (κ3) is 8.51. The molecule has 2 atom stereocenters. The Labute approximate surface area is 205 Å². The molecule has 6 nitrogen and oxygen atoms in total. The summed E-state index contributed by atoms with van der Waals surface area (Å²) in [4.78, 5) is 9.27. The highest BCUT2D eigenvalue weighted by atomic mass is 127. The second-order valence-corrected chi connectivity index (χ2v) is 8.89. The number of morpholine rings is 1. The Morgan fingerprint density at radius 1 is 1.13 bits per heavy atom. The van der Waals surface area contributed by atoms with Gasteiger partial charge >= 0.3 is 0 Å². The first kappa shape index (κ1) is 26.4. The first-order chi connectivity index (χ1) is 14.5. The maximum atomic E-state index is 5.89. The highest BCUT2D eigenvalue weighted by Crippen LogP contribution is 2.19. The molecule has 2 saturated heterocycles. The third-order valence-corrected chi connectivity index (χ3v) is 6.23. The summed E-state index contributed by atoms with van der Waals surface area (Å²) < 4.78 is 11.4. The quantitative estimate of drug-likeness (QED) is 0.322. The van der Waals surface area contributed by atoms with Crippen molar-refractivity contribution < 1.29 is 9.47 Å². The van der Waals surface area contributed by atoms with Crippen LogP contribution in [0.2, 0.25) is 0 Å². The highest BCUT2D eigenvalue weighted by molar-refractivity contribution is 14.0. The number of rotatable bonds is 7. The number of halogens is 1. The van der Waals surface area contributed by atoms with E-state index in [1.165, 1.54) is 30.4 Å². The predicted molar refractivity (Wildman–Crippen MR) is 138 cm³/mol. The van der Waals surface area contributed by atoms with E-state index in [0.717, 1.165) is 57.8 Å². The molecule has 0 saturated carbocycles. The fourth-order valence-electron chi connectivity index (χ4n) is 4.61. The largest absolute Gasteiger partial charge is 0.381 e. The van der Waals surface area contributed by atoms with Crippen molar-refractivity contribution in [3.63, 3.8) is 0 Å². The zero-order chi connectivity index (χ0) is 21.3. The second-order valence-electron chi connectivity index (χ2n) is 8.89. The van der Waals surface area contributed by atoms with Gasteiger partial charge in [-0.1, -0.05) is 24.3 Å². The van der Waals surface area contributed by atoms with Gasteiger partial charge < -0.3 is 19.7 Å². The molecule has 7 heteroatoms. The summed E-state index contributed by atoms with van der Waals surface area (Å²) in [6.45, 7) is 10.9. The number of benzene rings is 1. The van der Waals surface area contributed by atoms with Gasteiger partial charge in [0.25, 0.3) is 0 Å². The average Bonchev–Trinajstić information content (AvgIpc) is 2.74. The van der Waals surface area contributed by atoms with E-state index >= 15 is 0 Å². The first-order valence-corrected chi connectivity index (χ1v) is 11.5. The van der Waals surface area contributed by atoms with Crippen molar-refractivity contribution in [2.45, 2.75) is 58.4 Å². The molecule has 0 radical (unpaired) electrons. The van der Waals surface area contributed by atoms with Crippen LogP contribution in [0.15, 0.2) is 29.3 Å². The molecule has 0 bridgehead atoms. The minimum absolute atomic E-state index is 0. The van der Waals surface area contributed by atoms with E-state index in [0.29, 0.717) is 12.2 Å². The molecular formula is C24H41IN4O2. The fourth-order valence-corrected chi connectivity index (χ4v) is 4.61. The SMILES string of the molecule is CN=C(NCc1ccccc1CN1CC(C)OC(C)C1)N(C)CCC1CCOCC1.I. The minimum Gasteiger partial charge on any atom is -0.381 e. The van der Waals surface area contributed by atoms with E-state index < -0.39 is 0 Å². The van der Waals surface area contributed by atoms with Crippen molar-refractivity contribution in [1.29, 1.82) is 0 Å². The van der Waals surface area contributed by atoms with Gasteiger partial charge in [-0.25, -0.2) is 0 Å². The van der Waals surface area contributed by atoms with Crippen LogP contribution in [-0.4, -0.2) is 74.9 Å². The van der Waals surface area contributed by atoms with E-state index in [1.54, 1.807) is 0 Å². The molecule has 3 rings (SSSR count). The molecule has 0 aromatic heterocycles. The van der Waals surface area contributed by atoms with Crippen molar-refractivity contribution in [3.8, 4) is 0 Å². The highest BCUT2D eigenvalue weighted by Gasteiger charge is 2.22. The van der Waals surface area contributed by atoms with Gasteiger partial charge in [0.2, 0.25) is 0 Å². The van der Waals surface area contributed by atoms with Crippen LogP contribution in [0.3, 0.4) is 0 Å². The molecule has 2 aliphatic heterocycles. The van der Waals surface area contributed by atoms with Gasteiger partial charge in [-0.2, -0.15) is 0 Å². The number of nitrogens with one attached hydrogen (secondary N) is 1. The lowest BCUT2D eigenvalue weighted by Gasteiger charge is -2.35. The lowest BCUT2D eigenvalue weighted by Crippen LogP contribution is -2.45. The predicted octanol–water partition coefficient (Wildman–Crippen LogP) is 3.74. The van der Waals surface area contributed by atoms with Crippen LogP contribution in [0.25, 0.3) is 0 Å². The molecule has 31 heavy (non-hydrogen) atoms. The van der Waals surface area contributed by atoms with Crippen molar-refractivity contribution in [2.24, 2.45) is 10.9 Å². The van der Waals surface area contributed by atoms with Crippen molar-refractivity contribution in [1.82, 2.24) is 15.1 Å². The Balaban J connectivity index is 0.00000341. The monoisotopic (exact) mass is 544 g/mol. The van der Waals surface area contributed by atoms with Gasteiger partial charge in [-0.3, -0.25) is 9.89 Å². The zero-order valence-electron chi connectivity index (χ0n) is 19.7. The normalized spacial score (nSPS) is 23.3. The number of nitrogens with zero attached hydrogens (tertiary/aromatic N) is 3. The average molecular weight is 545 g/mol. The van der Waals surface area contributed by atoms with Crippen molar-refractivity contribution in [3.05, 3.63) is 35.4 Å². The third-order valence-electron chi connectivity index (χ3n) is 6.23. The molecule has 1 aromatic rings. The molecule has 1 aromatic carbocycles. The molecule has 0 amide bonds. The number of guanidine groups is 1. The van der Waals surface area contributed by atoms with Crippen LogP contribution in [0.4, 0.5) is 0 Å². The maximum absolute atomic E-state index is 5.89. The Kier molecular flexibility index (Phi) is 11.6. The topological polar surface area (TPSA) is 49.3 Å². The summed E-state index contributed by atoms with van der Waals surface area (Å²) in [7, 11) is 4.01. The van der Waals surface area contributed by atoms with Crippen molar-refractivity contribution in [2.75, 3.05) is 46.9 Å².